The number of nitrogens with one attached hydrogen (secondary N) is 2. The Morgan fingerprint density at radius 3 is 3.00 bits per heavy atom. The molecule has 98 valence electrons. The molecule has 1 aliphatic heterocycles. The summed E-state index contributed by atoms with van der Waals surface area (Å²) in [6, 6.07) is 7.85. The van der Waals surface area contributed by atoms with Gasteiger partial charge in [-0.15, -0.1) is 0 Å². The Kier molecular flexibility index (Phi) is 4.33. The van der Waals surface area contributed by atoms with E-state index in [0.29, 0.717) is 12.5 Å². The van der Waals surface area contributed by atoms with Crippen LogP contribution in [0.15, 0.2) is 24.3 Å². The van der Waals surface area contributed by atoms with E-state index in [4.69, 9.17) is 4.74 Å². The van der Waals surface area contributed by atoms with Gasteiger partial charge in [-0.3, -0.25) is 4.79 Å². The predicted molar refractivity (Wildman–Crippen MR) is 71.4 cm³/mol. The molecule has 2 N–H and O–H groups in total. The highest BCUT2D eigenvalue weighted by atomic mass is 16.5. The van der Waals surface area contributed by atoms with Crippen LogP contribution >= 0.6 is 0 Å². The molecule has 2 rings (SSSR count). The number of ether oxygens (including phenoxy) is 1. The first kappa shape index (κ1) is 13.1. The first-order valence-corrected chi connectivity index (χ1v) is 6.36. The SMILES string of the molecule is CNCc1cccc(NC(=O)C2OCCC2C)c1. The first-order valence-electron chi connectivity index (χ1n) is 6.36. The summed E-state index contributed by atoms with van der Waals surface area (Å²) in [6.07, 6.45) is 0.649. The molecule has 0 spiro atoms. The Bertz CT molecular complexity index is 420. The molecule has 1 saturated heterocycles. The van der Waals surface area contributed by atoms with Gasteiger partial charge >= 0.3 is 0 Å². The summed E-state index contributed by atoms with van der Waals surface area (Å²) in [6.45, 7) is 3.52. The molecule has 2 atom stereocenters. The van der Waals surface area contributed by atoms with Gasteiger partial charge in [0.1, 0.15) is 6.10 Å². The van der Waals surface area contributed by atoms with E-state index < -0.39 is 0 Å². The molecule has 1 aliphatic rings. The normalized spacial score (nSPS) is 23.0. The van der Waals surface area contributed by atoms with Gasteiger partial charge in [-0.2, -0.15) is 0 Å². The van der Waals surface area contributed by atoms with Gasteiger partial charge in [-0.1, -0.05) is 19.1 Å². The summed E-state index contributed by atoms with van der Waals surface area (Å²) >= 11 is 0. The maximum Gasteiger partial charge on any atom is 0.253 e. The maximum atomic E-state index is 12.0. The zero-order chi connectivity index (χ0) is 13.0. The highest BCUT2D eigenvalue weighted by Crippen LogP contribution is 2.21. The van der Waals surface area contributed by atoms with Gasteiger partial charge in [0.2, 0.25) is 0 Å². The van der Waals surface area contributed by atoms with Crippen LogP contribution in [0.3, 0.4) is 0 Å². The van der Waals surface area contributed by atoms with E-state index in [0.717, 1.165) is 24.2 Å². The summed E-state index contributed by atoms with van der Waals surface area (Å²) in [5.41, 5.74) is 1.98. The van der Waals surface area contributed by atoms with Crippen molar-refractivity contribution in [2.75, 3.05) is 19.0 Å². The fourth-order valence-electron chi connectivity index (χ4n) is 2.21. The van der Waals surface area contributed by atoms with Gasteiger partial charge < -0.3 is 15.4 Å². The van der Waals surface area contributed by atoms with Crippen molar-refractivity contribution in [2.45, 2.75) is 26.0 Å². The molecule has 1 heterocycles. The van der Waals surface area contributed by atoms with E-state index in [1.54, 1.807) is 0 Å². The van der Waals surface area contributed by atoms with Gasteiger partial charge in [0.25, 0.3) is 5.91 Å². The van der Waals surface area contributed by atoms with Gasteiger partial charge in [-0.05, 0) is 37.1 Å². The molecule has 4 heteroatoms. The highest BCUT2D eigenvalue weighted by Gasteiger charge is 2.30. The predicted octanol–water partition coefficient (Wildman–Crippen LogP) is 1.77. The Labute approximate surface area is 108 Å². The number of hydrogen-bond donors (Lipinski definition) is 2. The van der Waals surface area contributed by atoms with E-state index in [1.807, 2.05) is 31.3 Å². The molecule has 1 fully saturated rings. The number of carbonyl (C=O) groups excluding carboxylic acids is 1. The fourth-order valence-corrected chi connectivity index (χ4v) is 2.21. The number of hydrogen-bond acceptors (Lipinski definition) is 3. The van der Waals surface area contributed by atoms with Crippen LogP contribution in [0.4, 0.5) is 5.69 Å². The molecule has 0 radical (unpaired) electrons. The Morgan fingerprint density at radius 1 is 1.50 bits per heavy atom. The van der Waals surface area contributed by atoms with E-state index in [1.165, 1.54) is 0 Å². The Morgan fingerprint density at radius 2 is 2.33 bits per heavy atom. The second-order valence-electron chi connectivity index (χ2n) is 4.78. The number of benzene rings is 1. The minimum atomic E-state index is -0.307. The average molecular weight is 248 g/mol. The maximum absolute atomic E-state index is 12.0. The van der Waals surface area contributed by atoms with Crippen molar-refractivity contribution in [3.05, 3.63) is 29.8 Å². The number of carbonyl (C=O) groups is 1. The highest BCUT2D eigenvalue weighted by molar-refractivity contribution is 5.94. The molecule has 1 aromatic carbocycles. The minimum Gasteiger partial charge on any atom is -0.368 e. The summed E-state index contributed by atoms with van der Waals surface area (Å²) < 4.78 is 5.45. The number of rotatable bonds is 4. The zero-order valence-electron chi connectivity index (χ0n) is 10.9. The van der Waals surface area contributed by atoms with E-state index in [9.17, 15) is 4.79 Å². The largest absolute Gasteiger partial charge is 0.368 e. The lowest BCUT2D eigenvalue weighted by molar-refractivity contribution is -0.126. The van der Waals surface area contributed by atoms with Crippen LogP contribution in [0.25, 0.3) is 0 Å². The van der Waals surface area contributed by atoms with Crippen LogP contribution < -0.4 is 10.6 Å². The summed E-state index contributed by atoms with van der Waals surface area (Å²) in [5.74, 6) is 0.257. The quantitative estimate of drug-likeness (QED) is 0.853. The van der Waals surface area contributed by atoms with Crippen LogP contribution in [0.2, 0.25) is 0 Å². The van der Waals surface area contributed by atoms with Crippen molar-refractivity contribution in [3.8, 4) is 0 Å². The molecule has 0 bridgehead atoms. The number of anilines is 1. The lowest BCUT2D eigenvalue weighted by atomic mass is 10.0. The molecule has 1 aromatic rings. The molecule has 18 heavy (non-hydrogen) atoms. The summed E-state index contributed by atoms with van der Waals surface area (Å²) in [4.78, 5) is 12.0. The molecule has 2 unspecified atom stereocenters. The molecular weight excluding hydrogens is 228 g/mol. The van der Waals surface area contributed by atoms with Gasteiger partial charge in [0, 0.05) is 18.8 Å². The lowest BCUT2D eigenvalue weighted by Crippen LogP contribution is -2.31. The van der Waals surface area contributed by atoms with E-state index >= 15 is 0 Å². The third kappa shape index (κ3) is 3.09. The van der Waals surface area contributed by atoms with Crippen LogP contribution in [0.5, 0.6) is 0 Å². The smallest absolute Gasteiger partial charge is 0.253 e. The average Bonchev–Trinajstić information content (AvgIpc) is 2.76. The second-order valence-corrected chi connectivity index (χ2v) is 4.78. The van der Waals surface area contributed by atoms with Crippen LogP contribution in [0, 0.1) is 5.92 Å². The molecule has 4 nitrogen and oxygen atoms in total. The van der Waals surface area contributed by atoms with Crippen molar-refractivity contribution < 1.29 is 9.53 Å². The van der Waals surface area contributed by atoms with E-state index in [2.05, 4.69) is 17.6 Å². The fraction of sp³-hybridized carbons (Fsp3) is 0.500. The van der Waals surface area contributed by atoms with Crippen LogP contribution in [-0.4, -0.2) is 25.7 Å². The number of amides is 1. The first-order chi connectivity index (χ1) is 8.70. The third-order valence-corrected chi connectivity index (χ3v) is 3.22. The van der Waals surface area contributed by atoms with Gasteiger partial charge in [0.15, 0.2) is 0 Å². The molecule has 1 amide bonds. The monoisotopic (exact) mass is 248 g/mol. The lowest BCUT2D eigenvalue weighted by Gasteiger charge is -2.15. The topological polar surface area (TPSA) is 50.4 Å². The summed E-state index contributed by atoms with van der Waals surface area (Å²) in [7, 11) is 1.90. The van der Waals surface area contributed by atoms with Crippen molar-refractivity contribution in [1.82, 2.24) is 5.32 Å². The Balaban J connectivity index is 2.00. The molecular formula is C14H20N2O2. The van der Waals surface area contributed by atoms with E-state index in [-0.39, 0.29) is 12.0 Å². The zero-order valence-corrected chi connectivity index (χ0v) is 10.9. The van der Waals surface area contributed by atoms with Crippen molar-refractivity contribution in [3.63, 3.8) is 0 Å². The van der Waals surface area contributed by atoms with Crippen molar-refractivity contribution in [2.24, 2.45) is 5.92 Å². The van der Waals surface area contributed by atoms with Gasteiger partial charge in [0.05, 0.1) is 0 Å². The van der Waals surface area contributed by atoms with Crippen molar-refractivity contribution >= 4 is 11.6 Å². The minimum absolute atomic E-state index is 0.0402. The third-order valence-electron chi connectivity index (χ3n) is 3.22. The molecule has 0 saturated carbocycles. The Hall–Kier alpha value is -1.39. The molecule has 0 aliphatic carbocycles. The van der Waals surface area contributed by atoms with Gasteiger partial charge in [-0.25, -0.2) is 0 Å². The van der Waals surface area contributed by atoms with Crippen LogP contribution in [0.1, 0.15) is 18.9 Å². The second kappa shape index (κ2) is 5.98. The summed E-state index contributed by atoms with van der Waals surface area (Å²) in [5, 5.41) is 6.01. The standard InChI is InChI=1S/C14H20N2O2/c1-10-6-7-18-13(10)14(17)16-12-5-3-4-11(8-12)9-15-2/h3-5,8,10,13,15H,6-7,9H2,1-2H3,(H,16,17). The molecule has 0 aromatic heterocycles. The van der Waals surface area contributed by atoms with Crippen LogP contribution in [-0.2, 0) is 16.1 Å². The van der Waals surface area contributed by atoms with Crippen molar-refractivity contribution in [1.29, 1.82) is 0 Å².